The summed E-state index contributed by atoms with van der Waals surface area (Å²) in [4.78, 5) is 0. The Morgan fingerprint density at radius 1 is 0.319 bits per heavy atom. The van der Waals surface area contributed by atoms with Crippen LogP contribution in [0.2, 0.25) is 13.1 Å². The minimum Gasteiger partial charge on any atom is -0.0620 e. The summed E-state index contributed by atoms with van der Waals surface area (Å²) in [6.07, 6.45) is 0. The largest absolute Gasteiger partial charge is 0.113 e. The van der Waals surface area contributed by atoms with E-state index >= 15 is 0 Å². The summed E-state index contributed by atoms with van der Waals surface area (Å²) in [5, 5.41) is 15.9. The van der Waals surface area contributed by atoms with Crippen LogP contribution < -0.4 is 10.4 Å². The number of hydrogen-bond acceptors (Lipinski definition) is 0. The molecule has 0 aromatic heterocycles. The molecule has 0 saturated carbocycles. The summed E-state index contributed by atoms with van der Waals surface area (Å²) in [6.45, 7) is 5.00. The van der Waals surface area contributed by atoms with Crippen LogP contribution in [0.5, 0.6) is 0 Å². The Kier molecular flexibility index (Phi) is 6.38. The third-order valence-electron chi connectivity index (χ3n) is 10.3. The maximum absolute atomic E-state index is 2.50. The van der Waals surface area contributed by atoms with Gasteiger partial charge >= 0.3 is 0 Å². The predicted molar refractivity (Wildman–Crippen MR) is 208 cm³/mol. The monoisotopic (exact) mass is 614 g/mol. The molecule has 0 spiro atoms. The Morgan fingerprint density at radius 3 is 1.43 bits per heavy atom. The Hall–Kier alpha value is -5.50. The first-order chi connectivity index (χ1) is 23.1. The third-order valence-corrected chi connectivity index (χ3v) is 13.9. The molecule has 0 atom stereocenters. The van der Waals surface area contributed by atoms with Crippen LogP contribution in [0.1, 0.15) is 0 Å². The van der Waals surface area contributed by atoms with E-state index < -0.39 is 8.07 Å². The molecular formula is C46H34Si. The quantitative estimate of drug-likeness (QED) is 0.137. The highest BCUT2D eigenvalue weighted by Crippen LogP contribution is 2.46. The molecule has 0 unspecified atom stereocenters. The van der Waals surface area contributed by atoms with Gasteiger partial charge in [-0.15, -0.1) is 0 Å². The maximum atomic E-state index is 2.50. The number of fused-ring (bicyclic) bond motifs is 5. The first-order valence-electron chi connectivity index (χ1n) is 16.5. The Morgan fingerprint density at radius 2 is 0.787 bits per heavy atom. The Bertz CT molecular complexity index is 2600. The van der Waals surface area contributed by atoms with E-state index in [1.54, 1.807) is 0 Å². The first-order valence-corrected chi connectivity index (χ1v) is 19.5. The summed E-state index contributed by atoms with van der Waals surface area (Å²) in [6, 6.07) is 63.3. The fourth-order valence-electron chi connectivity index (χ4n) is 7.95. The summed E-state index contributed by atoms with van der Waals surface area (Å²) < 4.78 is 0. The molecule has 0 amide bonds. The molecule has 0 fully saturated rings. The lowest BCUT2D eigenvalue weighted by Gasteiger charge is -2.27. The average Bonchev–Trinajstić information content (AvgIpc) is 3.13. The van der Waals surface area contributed by atoms with Crippen molar-refractivity contribution in [2.45, 2.75) is 13.1 Å². The zero-order valence-electron chi connectivity index (χ0n) is 26.7. The lowest BCUT2D eigenvalue weighted by molar-refractivity contribution is 1.68. The fourth-order valence-corrected chi connectivity index (χ4v) is 10.7. The average molecular weight is 615 g/mol. The Labute approximate surface area is 276 Å². The van der Waals surface area contributed by atoms with Crippen molar-refractivity contribution in [3.63, 3.8) is 0 Å². The molecule has 9 rings (SSSR count). The minimum atomic E-state index is -2.05. The molecule has 47 heavy (non-hydrogen) atoms. The third kappa shape index (κ3) is 4.35. The van der Waals surface area contributed by atoms with Gasteiger partial charge in [0.2, 0.25) is 0 Å². The SMILES string of the molecule is C[Si](C)(c1ccc2ccccc2c1)c1ccc(-c2c3ccccc3c(-c3cccc4ccccc34)c3ccccc23)c2ccccc12. The van der Waals surface area contributed by atoms with Crippen molar-refractivity contribution in [3.05, 3.63) is 170 Å². The lowest BCUT2D eigenvalue weighted by Crippen LogP contribution is -2.53. The first kappa shape index (κ1) is 27.8. The van der Waals surface area contributed by atoms with E-state index in [2.05, 4.69) is 183 Å². The van der Waals surface area contributed by atoms with Crippen LogP contribution in [0, 0.1) is 0 Å². The van der Waals surface area contributed by atoms with E-state index in [9.17, 15) is 0 Å². The van der Waals surface area contributed by atoms with Gasteiger partial charge in [0.05, 0.1) is 0 Å². The van der Waals surface area contributed by atoms with Gasteiger partial charge in [0.1, 0.15) is 8.07 Å². The molecule has 0 saturated heterocycles. The molecule has 222 valence electrons. The summed E-state index contributed by atoms with van der Waals surface area (Å²) >= 11 is 0. The van der Waals surface area contributed by atoms with Crippen molar-refractivity contribution >= 4 is 72.3 Å². The molecule has 0 radical (unpaired) electrons. The second-order valence-electron chi connectivity index (χ2n) is 13.3. The molecule has 1 heteroatoms. The second kappa shape index (κ2) is 10.8. The van der Waals surface area contributed by atoms with Gasteiger partial charge in [-0.1, -0.05) is 188 Å². The van der Waals surface area contributed by atoms with Gasteiger partial charge in [0, 0.05) is 0 Å². The van der Waals surface area contributed by atoms with E-state index in [1.807, 2.05) is 0 Å². The van der Waals surface area contributed by atoms with Gasteiger partial charge in [-0.3, -0.25) is 0 Å². The van der Waals surface area contributed by atoms with Gasteiger partial charge in [-0.05, 0) is 81.3 Å². The normalized spacial score (nSPS) is 12.0. The van der Waals surface area contributed by atoms with Gasteiger partial charge in [-0.25, -0.2) is 0 Å². The van der Waals surface area contributed by atoms with E-state index in [0.29, 0.717) is 0 Å². The molecule has 0 N–H and O–H groups in total. The number of rotatable bonds is 4. The van der Waals surface area contributed by atoms with Crippen LogP contribution in [0.4, 0.5) is 0 Å². The number of hydrogen-bond donors (Lipinski definition) is 0. The predicted octanol–water partition coefficient (Wildman–Crippen LogP) is 11.6. The van der Waals surface area contributed by atoms with Crippen molar-refractivity contribution in [2.24, 2.45) is 0 Å². The van der Waals surface area contributed by atoms with Crippen molar-refractivity contribution in [1.29, 1.82) is 0 Å². The van der Waals surface area contributed by atoms with E-state index in [4.69, 9.17) is 0 Å². The maximum Gasteiger partial charge on any atom is 0.113 e. The van der Waals surface area contributed by atoms with Crippen molar-refractivity contribution < 1.29 is 0 Å². The second-order valence-corrected chi connectivity index (χ2v) is 17.6. The molecule has 9 aromatic rings. The van der Waals surface area contributed by atoms with E-state index in [-0.39, 0.29) is 0 Å². The Balaban J connectivity index is 1.33. The van der Waals surface area contributed by atoms with Gasteiger partial charge in [-0.2, -0.15) is 0 Å². The number of benzene rings is 9. The van der Waals surface area contributed by atoms with Crippen LogP contribution in [0.25, 0.3) is 76.1 Å². The summed E-state index contributed by atoms with van der Waals surface area (Å²) in [5.41, 5.74) is 5.20. The zero-order valence-corrected chi connectivity index (χ0v) is 27.7. The van der Waals surface area contributed by atoms with Crippen LogP contribution >= 0.6 is 0 Å². The van der Waals surface area contributed by atoms with Crippen molar-refractivity contribution in [2.75, 3.05) is 0 Å². The van der Waals surface area contributed by atoms with Crippen LogP contribution in [-0.4, -0.2) is 8.07 Å². The van der Waals surface area contributed by atoms with E-state index in [1.165, 1.54) is 86.5 Å². The molecule has 0 heterocycles. The molecule has 0 aliphatic carbocycles. The van der Waals surface area contributed by atoms with Crippen LogP contribution in [0.15, 0.2) is 170 Å². The van der Waals surface area contributed by atoms with Crippen molar-refractivity contribution in [1.82, 2.24) is 0 Å². The molecule has 9 aromatic carbocycles. The highest BCUT2D eigenvalue weighted by Gasteiger charge is 2.29. The van der Waals surface area contributed by atoms with Crippen molar-refractivity contribution in [3.8, 4) is 22.3 Å². The van der Waals surface area contributed by atoms with Gasteiger partial charge in [0.15, 0.2) is 0 Å². The van der Waals surface area contributed by atoms with Gasteiger partial charge in [0.25, 0.3) is 0 Å². The fraction of sp³-hybridized carbons (Fsp3) is 0.0435. The summed E-state index contributed by atoms with van der Waals surface area (Å²) in [5.74, 6) is 0. The minimum absolute atomic E-state index is 1.27. The van der Waals surface area contributed by atoms with Crippen LogP contribution in [0.3, 0.4) is 0 Å². The molecule has 0 nitrogen and oxygen atoms in total. The smallest absolute Gasteiger partial charge is 0.0620 e. The van der Waals surface area contributed by atoms with Gasteiger partial charge < -0.3 is 0 Å². The molecular weight excluding hydrogens is 581 g/mol. The highest BCUT2D eigenvalue weighted by molar-refractivity contribution is 7.01. The van der Waals surface area contributed by atoms with Crippen LogP contribution in [-0.2, 0) is 0 Å². The standard InChI is InChI=1S/C46H34Si/c1-47(2,34-27-26-31-14-3-4-16-33(31)30-34)44-29-28-43(36-19-7-8-20-37(36)44)46-41-23-11-9-21-39(41)45(40-22-10-12-24-42(40)46)38-25-13-17-32-15-5-6-18-35(32)38/h3-30H,1-2H3. The topological polar surface area (TPSA) is 0 Å². The highest BCUT2D eigenvalue weighted by atomic mass is 28.3. The lowest BCUT2D eigenvalue weighted by atomic mass is 9.84. The van der Waals surface area contributed by atoms with E-state index in [0.717, 1.165) is 0 Å². The zero-order chi connectivity index (χ0) is 31.5. The molecule has 0 bridgehead atoms. The molecule has 0 aliphatic rings. The molecule has 0 aliphatic heterocycles. The summed E-state index contributed by atoms with van der Waals surface area (Å²) in [7, 11) is -2.05.